The van der Waals surface area contributed by atoms with Crippen molar-refractivity contribution in [1.82, 2.24) is 0 Å². The maximum atomic E-state index is 11.5. The Balaban J connectivity index is 2.68. The van der Waals surface area contributed by atoms with Crippen LogP contribution in [-0.2, 0) is 23.4 Å². The third-order valence-electron chi connectivity index (χ3n) is 4.94. The first-order chi connectivity index (χ1) is 13.7. The Morgan fingerprint density at radius 3 is 1.62 bits per heavy atom. The van der Waals surface area contributed by atoms with E-state index in [0.29, 0.717) is 28.4 Å². The third-order valence-corrected chi connectivity index (χ3v) is 4.94. The summed E-state index contributed by atoms with van der Waals surface area (Å²) in [5.74, 6) is 0.921. The summed E-state index contributed by atoms with van der Waals surface area (Å²) < 4.78 is 21.5. The summed E-state index contributed by atoms with van der Waals surface area (Å²) in [6.45, 7) is 4.85. The van der Waals surface area contributed by atoms with E-state index in [1.54, 1.807) is 12.1 Å². The van der Waals surface area contributed by atoms with Gasteiger partial charge in [0.25, 0.3) is 0 Å². The molecule has 0 aliphatic rings. The van der Waals surface area contributed by atoms with Crippen molar-refractivity contribution in [2.24, 2.45) is 0 Å². The predicted molar refractivity (Wildman–Crippen MR) is 108 cm³/mol. The fourth-order valence-corrected chi connectivity index (χ4v) is 3.26. The highest BCUT2D eigenvalue weighted by Gasteiger charge is 2.29. The Morgan fingerprint density at radius 2 is 1.28 bits per heavy atom. The minimum atomic E-state index is -0.560. The van der Waals surface area contributed by atoms with E-state index in [0.717, 1.165) is 11.1 Å². The van der Waals surface area contributed by atoms with Crippen LogP contribution in [0.25, 0.3) is 0 Å². The van der Waals surface area contributed by atoms with Gasteiger partial charge in [-0.05, 0) is 35.4 Å². The lowest BCUT2D eigenvalue weighted by Gasteiger charge is -2.29. The van der Waals surface area contributed by atoms with Crippen molar-refractivity contribution in [3.05, 3.63) is 46.5 Å². The molecule has 0 bridgehead atoms. The van der Waals surface area contributed by atoms with Crippen LogP contribution in [0.5, 0.6) is 23.0 Å². The minimum absolute atomic E-state index is 0.212. The quantitative estimate of drug-likeness (QED) is 0.516. The van der Waals surface area contributed by atoms with Gasteiger partial charge in [0.2, 0.25) is 5.75 Å². The SMILES string of the molecule is COc1cc(C(C)(C)c2cc(CO)c(OC)c(CO)c2)cc(OC)c1OC(C)=O. The topological polar surface area (TPSA) is 94.5 Å². The molecule has 2 aromatic carbocycles. The van der Waals surface area contributed by atoms with Gasteiger partial charge in [-0.25, -0.2) is 0 Å². The van der Waals surface area contributed by atoms with Gasteiger partial charge < -0.3 is 29.2 Å². The van der Waals surface area contributed by atoms with Gasteiger partial charge in [-0.3, -0.25) is 4.79 Å². The van der Waals surface area contributed by atoms with Crippen LogP contribution in [0.1, 0.15) is 43.0 Å². The van der Waals surface area contributed by atoms with Crippen LogP contribution in [0.15, 0.2) is 24.3 Å². The molecule has 0 heterocycles. The second-order valence-electron chi connectivity index (χ2n) is 7.07. The van der Waals surface area contributed by atoms with E-state index in [9.17, 15) is 15.0 Å². The van der Waals surface area contributed by atoms with Crippen molar-refractivity contribution in [1.29, 1.82) is 0 Å². The van der Waals surface area contributed by atoms with Crippen molar-refractivity contribution < 1.29 is 34.0 Å². The van der Waals surface area contributed by atoms with Crippen molar-refractivity contribution in [2.45, 2.75) is 39.4 Å². The summed E-state index contributed by atoms with van der Waals surface area (Å²) in [5.41, 5.74) is 2.29. The predicted octanol–water partition coefficient (Wildman–Crippen LogP) is 2.95. The Kier molecular flexibility index (Phi) is 7.11. The molecule has 0 aromatic heterocycles. The number of carbonyl (C=O) groups is 1. The van der Waals surface area contributed by atoms with Crippen LogP contribution < -0.4 is 18.9 Å². The Morgan fingerprint density at radius 1 is 0.828 bits per heavy atom. The van der Waals surface area contributed by atoms with Gasteiger partial charge in [0.05, 0.1) is 34.5 Å². The summed E-state index contributed by atoms with van der Waals surface area (Å²) in [4.78, 5) is 11.5. The number of carbonyl (C=O) groups excluding carboxylic acids is 1. The Hall–Kier alpha value is -2.77. The summed E-state index contributed by atoms with van der Waals surface area (Å²) >= 11 is 0. The second-order valence-corrected chi connectivity index (χ2v) is 7.07. The van der Waals surface area contributed by atoms with E-state index < -0.39 is 11.4 Å². The van der Waals surface area contributed by atoms with Crippen LogP contribution >= 0.6 is 0 Å². The largest absolute Gasteiger partial charge is 0.496 e. The highest BCUT2D eigenvalue weighted by atomic mass is 16.6. The second kappa shape index (κ2) is 9.15. The minimum Gasteiger partial charge on any atom is -0.496 e. The molecule has 0 aliphatic heterocycles. The molecule has 0 amide bonds. The first-order valence-electron chi connectivity index (χ1n) is 9.10. The van der Waals surface area contributed by atoms with Gasteiger partial charge >= 0.3 is 5.97 Å². The summed E-state index contributed by atoms with van der Waals surface area (Å²) in [7, 11) is 4.47. The van der Waals surface area contributed by atoms with E-state index in [1.807, 2.05) is 26.0 Å². The lowest BCUT2D eigenvalue weighted by molar-refractivity contribution is -0.132. The molecule has 2 aromatic rings. The maximum Gasteiger partial charge on any atom is 0.308 e. The van der Waals surface area contributed by atoms with Crippen LogP contribution in [0.3, 0.4) is 0 Å². The molecular formula is C22H28O7. The molecule has 0 atom stereocenters. The molecule has 0 unspecified atom stereocenters. The van der Waals surface area contributed by atoms with Crippen molar-refractivity contribution in [3.8, 4) is 23.0 Å². The van der Waals surface area contributed by atoms with Gasteiger partial charge in [-0.2, -0.15) is 0 Å². The Bertz CT molecular complexity index is 837. The lowest BCUT2D eigenvalue weighted by Crippen LogP contribution is -2.20. The number of methoxy groups -OCH3 is 3. The van der Waals surface area contributed by atoms with Crippen molar-refractivity contribution >= 4 is 5.97 Å². The van der Waals surface area contributed by atoms with Gasteiger partial charge in [-0.15, -0.1) is 0 Å². The number of ether oxygens (including phenoxy) is 4. The lowest BCUT2D eigenvalue weighted by atomic mass is 9.76. The fraction of sp³-hybridized carbons (Fsp3) is 0.409. The van der Waals surface area contributed by atoms with Gasteiger partial charge in [0.1, 0.15) is 5.75 Å². The molecule has 7 nitrogen and oxygen atoms in total. The van der Waals surface area contributed by atoms with E-state index >= 15 is 0 Å². The summed E-state index contributed by atoms with van der Waals surface area (Å²) in [6, 6.07) is 7.25. The molecule has 158 valence electrons. The zero-order valence-corrected chi connectivity index (χ0v) is 17.7. The summed E-state index contributed by atoms with van der Waals surface area (Å²) in [5, 5.41) is 19.5. The number of hydrogen-bond donors (Lipinski definition) is 2. The normalized spacial score (nSPS) is 11.2. The van der Waals surface area contributed by atoms with Gasteiger partial charge in [0.15, 0.2) is 11.5 Å². The van der Waals surface area contributed by atoms with E-state index in [-0.39, 0.29) is 19.0 Å². The number of aliphatic hydroxyl groups is 2. The maximum absolute atomic E-state index is 11.5. The molecule has 0 saturated carbocycles. The molecule has 0 aliphatic carbocycles. The molecule has 7 heteroatoms. The highest BCUT2D eigenvalue weighted by molar-refractivity contribution is 5.72. The number of esters is 1. The zero-order valence-electron chi connectivity index (χ0n) is 17.7. The fourth-order valence-electron chi connectivity index (χ4n) is 3.26. The van der Waals surface area contributed by atoms with E-state index in [1.165, 1.54) is 28.3 Å². The van der Waals surface area contributed by atoms with Crippen LogP contribution in [-0.4, -0.2) is 37.5 Å². The molecular weight excluding hydrogens is 376 g/mol. The third kappa shape index (κ3) is 4.46. The van der Waals surface area contributed by atoms with E-state index in [2.05, 4.69) is 0 Å². The number of hydrogen-bond acceptors (Lipinski definition) is 7. The average Bonchev–Trinajstić information content (AvgIpc) is 2.71. The molecule has 0 saturated heterocycles. The monoisotopic (exact) mass is 404 g/mol. The summed E-state index contributed by atoms with van der Waals surface area (Å²) in [6.07, 6.45) is 0. The highest BCUT2D eigenvalue weighted by Crippen LogP contribution is 2.44. The first kappa shape index (κ1) is 22.5. The number of rotatable bonds is 8. The number of aliphatic hydroxyl groups excluding tert-OH is 2. The first-order valence-corrected chi connectivity index (χ1v) is 9.10. The Labute approximate surface area is 170 Å². The van der Waals surface area contributed by atoms with Crippen LogP contribution in [0.4, 0.5) is 0 Å². The molecule has 2 N–H and O–H groups in total. The van der Waals surface area contributed by atoms with Crippen LogP contribution in [0, 0.1) is 0 Å². The van der Waals surface area contributed by atoms with Gasteiger partial charge in [0, 0.05) is 23.5 Å². The van der Waals surface area contributed by atoms with Crippen molar-refractivity contribution in [2.75, 3.05) is 21.3 Å². The smallest absolute Gasteiger partial charge is 0.308 e. The standard InChI is InChI=1S/C22H28O7/c1-13(25)29-21-18(26-4)9-17(10-19(21)27-5)22(2,3)16-7-14(11-23)20(28-6)15(8-16)12-24/h7-10,23-24H,11-12H2,1-6H3. The molecule has 29 heavy (non-hydrogen) atoms. The molecule has 0 fully saturated rings. The van der Waals surface area contributed by atoms with Crippen LogP contribution in [0.2, 0.25) is 0 Å². The molecule has 2 rings (SSSR count). The van der Waals surface area contributed by atoms with Crippen molar-refractivity contribution in [3.63, 3.8) is 0 Å². The zero-order chi connectivity index (χ0) is 21.8. The average molecular weight is 404 g/mol. The molecule has 0 radical (unpaired) electrons. The van der Waals surface area contributed by atoms with Gasteiger partial charge in [-0.1, -0.05) is 13.8 Å². The molecule has 0 spiro atoms. The number of benzene rings is 2. The van der Waals surface area contributed by atoms with E-state index in [4.69, 9.17) is 18.9 Å².